The molecule has 9 heteroatoms. The second kappa shape index (κ2) is 9.30. The summed E-state index contributed by atoms with van der Waals surface area (Å²) < 4.78 is 31.3. The number of amides is 3. The summed E-state index contributed by atoms with van der Waals surface area (Å²) in [4.78, 5) is 34.9. The van der Waals surface area contributed by atoms with Crippen LogP contribution in [0.2, 0.25) is 0 Å². The Balaban J connectivity index is 1.63. The lowest BCUT2D eigenvalue weighted by molar-refractivity contribution is -0.126. The van der Waals surface area contributed by atoms with E-state index in [1.54, 1.807) is 12.1 Å². The highest BCUT2D eigenvalue weighted by Gasteiger charge is 2.13. The molecule has 26 heavy (non-hydrogen) atoms. The van der Waals surface area contributed by atoms with Crippen molar-refractivity contribution < 1.29 is 27.6 Å². The normalized spacial score (nSPS) is 10.2. The van der Waals surface area contributed by atoms with E-state index in [-0.39, 0.29) is 31.6 Å². The van der Waals surface area contributed by atoms with Crippen LogP contribution in [0.4, 0.5) is 8.78 Å². The smallest absolute Gasteiger partial charge is 0.254 e. The number of furan rings is 1. The topological polar surface area (TPSA) is 100 Å². The zero-order chi connectivity index (χ0) is 18.9. The Labute approximate surface area is 147 Å². The molecule has 138 valence electrons. The zero-order valence-corrected chi connectivity index (χ0v) is 13.7. The first-order valence-electron chi connectivity index (χ1n) is 7.74. The molecule has 0 saturated heterocycles. The third-order valence-corrected chi connectivity index (χ3v) is 3.30. The van der Waals surface area contributed by atoms with Gasteiger partial charge in [0.2, 0.25) is 11.8 Å². The summed E-state index contributed by atoms with van der Waals surface area (Å²) in [6.45, 7) is -0.0728. The maximum atomic E-state index is 13.4. The molecule has 3 N–H and O–H groups in total. The highest BCUT2D eigenvalue weighted by molar-refractivity contribution is 5.94. The highest BCUT2D eigenvalue weighted by Crippen LogP contribution is 2.09. The van der Waals surface area contributed by atoms with Gasteiger partial charge >= 0.3 is 0 Å². The summed E-state index contributed by atoms with van der Waals surface area (Å²) in [7, 11) is 0. The van der Waals surface area contributed by atoms with Crippen molar-refractivity contribution in [1.82, 2.24) is 16.0 Å². The molecule has 0 aliphatic heterocycles. The Bertz CT molecular complexity index is 778. The minimum absolute atomic E-state index is 0.0600. The van der Waals surface area contributed by atoms with Gasteiger partial charge in [0, 0.05) is 19.0 Å². The SMILES string of the molecule is O=C(CCNC(=O)c1ccc(F)cc1F)NCC(=O)NCc1ccco1. The maximum Gasteiger partial charge on any atom is 0.254 e. The first kappa shape index (κ1) is 19.1. The largest absolute Gasteiger partial charge is 0.467 e. The van der Waals surface area contributed by atoms with Gasteiger partial charge in [-0.15, -0.1) is 0 Å². The Hall–Kier alpha value is -3.23. The molecule has 0 atom stereocenters. The average Bonchev–Trinajstić information content (AvgIpc) is 3.11. The molecule has 7 nitrogen and oxygen atoms in total. The molecule has 1 heterocycles. The Kier molecular flexibility index (Phi) is 6.84. The minimum Gasteiger partial charge on any atom is -0.467 e. The van der Waals surface area contributed by atoms with Gasteiger partial charge in [-0.1, -0.05) is 0 Å². The van der Waals surface area contributed by atoms with Gasteiger partial charge in [0.1, 0.15) is 17.4 Å². The van der Waals surface area contributed by atoms with E-state index in [0.29, 0.717) is 11.8 Å². The van der Waals surface area contributed by atoms with Crippen LogP contribution in [0.5, 0.6) is 0 Å². The molecular formula is C17H17F2N3O4. The number of nitrogens with one attached hydrogen (secondary N) is 3. The van der Waals surface area contributed by atoms with Crippen LogP contribution in [0.1, 0.15) is 22.5 Å². The van der Waals surface area contributed by atoms with E-state index in [2.05, 4.69) is 16.0 Å². The molecule has 0 aliphatic rings. The van der Waals surface area contributed by atoms with E-state index in [9.17, 15) is 23.2 Å². The number of benzene rings is 1. The van der Waals surface area contributed by atoms with Gasteiger partial charge in [-0.25, -0.2) is 8.78 Å². The molecule has 3 amide bonds. The van der Waals surface area contributed by atoms with Crippen molar-refractivity contribution in [2.75, 3.05) is 13.1 Å². The van der Waals surface area contributed by atoms with Crippen LogP contribution in [0, 0.1) is 11.6 Å². The van der Waals surface area contributed by atoms with Crippen LogP contribution in [0.3, 0.4) is 0 Å². The maximum absolute atomic E-state index is 13.4. The van der Waals surface area contributed by atoms with Gasteiger partial charge in [-0.3, -0.25) is 14.4 Å². The second-order valence-corrected chi connectivity index (χ2v) is 5.26. The van der Waals surface area contributed by atoms with Crippen LogP contribution >= 0.6 is 0 Å². The summed E-state index contributed by atoms with van der Waals surface area (Å²) >= 11 is 0. The van der Waals surface area contributed by atoms with Gasteiger partial charge in [0.05, 0.1) is 24.9 Å². The molecule has 0 fully saturated rings. The van der Waals surface area contributed by atoms with E-state index >= 15 is 0 Å². The van der Waals surface area contributed by atoms with E-state index in [1.165, 1.54) is 6.26 Å². The number of halogens is 2. The summed E-state index contributed by atoms with van der Waals surface area (Å²) in [5.41, 5.74) is -0.316. The lowest BCUT2D eigenvalue weighted by atomic mass is 10.2. The van der Waals surface area contributed by atoms with E-state index in [1.807, 2.05) is 0 Å². The standard InChI is InChI=1S/C17H17F2N3O4/c18-11-3-4-13(14(19)8-11)17(25)20-6-5-15(23)22-10-16(24)21-9-12-2-1-7-26-12/h1-4,7-8H,5-6,9-10H2,(H,20,25)(H,21,24)(H,22,23). The summed E-state index contributed by atoms with van der Waals surface area (Å²) in [6, 6.07) is 5.97. The molecule has 2 rings (SSSR count). The lowest BCUT2D eigenvalue weighted by Gasteiger charge is -2.08. The Morgan fingerprint density at radius 3 is 2.50 bits per heavy atom. The highest BCUT2D eigenvalue weighted by atomic mass is 19.1. The Morgan fingerprint density at radius 1 is 1.00 bits per heavy atom. The molecule has 0 saturated carbocycles. The fourth-order valence-corrected chi connectivity index (χ4v) is 1.99. The lowest BCUT2D eigenvalue weighted by Crippen LogP contribution is -2.38. The van der Waals surface area contributed by atoms with Crippen molar-refractivity contribution in [3.8, 4) is 0 Å². The van der Waals surface area contributed by atoms with Gasteiger partial charge in [0.25, 0.3) is 5.91 Å². The predicted octanol–water partition coefficient (Wildman–Crippen LogP) is 1.11. The number of hydrogen-bond acceptors (Lipinski definition) is 4. The first-order chi connectivity index (χ1) is 12.5. The van der Waals surface area contributed by atoms with Crippen molar-refractivity contribution in [3.05, 3.63) is 59.6 Å². The number of rotatable bonds is 8. The summed E-state index contributed by atoms with van der Waals surface area (Å²) in [5, 5.41) is 7.29. The van der Waals surface area contributed by atoms with Gasteiger partial charge in [-0.2, -0.15) is 0 Å². The fraction of sp³-hybridized carbons (Fsp3) is 0.235. The summed E-state index contributed by atoms with van der Waals surface area (Å²) in [5.74, 6) is -2.80. The number of hydrogen-bond donors (Lipinski definition) is 3. The number of carbonyl (C=O) groups excluding carboxylic acids is 3. The van der Waals surface area contributed by atoms with Crippen molar-refractivity contribution in [2.24, 2.45) is 0 Å². The van der Waals surface area contributed by atoms with Crippen molar-refractivity contribution in [3.63, 3.8) is 0 Å². The molecule has 0 spiro atoms. The quantitative estimate of drug-likeness (QED) is 0.652. The van der Waals surface area contributed by atoms with Crippen molar-refractivity contribution in [2.45, 2.75) is 13.0 Å². The first-order valence-corrected chi connectivity index (χ1v) is 7.74. The van der Waals surface area contributed by atoms with Crippen LogP contribution < -0.4 is 16.0 Å². The van der Waals surface area contributed by atoms with E-state index < -0.39 is 29.4 Å². The predicted molar refractivity (Wildman–Crippen MR) is 86.9 cm³/mol. The van der Waals surface area contributed by atoms with Gasteiger partial charge in [0.15, 0.2) is 0 Å². The third-order valence-electron chi connectivity index (χ3n) is 3.30. The van der Waals surface area contributed by atoms with Crippen molar-refractivity contribution in [1.29, 1.82) is 0 Å². The van der Waals surface area contributed by atoms with Gasteiger partial charge in [-0.05, 0) is 24.3 Å². The summed E-state index contributed by atoms with van der Waals surface area (Å²) in [6.07, 6.45) is 1.38. The van der Waals surface area contributed by atoms with Crippen LogP contribution in [0.15, 0.2) is 41.0 Å². The fourth-order valence-electron chi connectivity index (χ4n) is 1.99. The molecule has 1 aromatic carbocycles. The number of carbonyl (C=O) groups is 3. The van der Waals surface area contributed by atoms with Crippen LogP contribution in [-0.4, -0.2) is 30.8 Å². The Morgan fingerprint density at radius 2 is 1.81 bits per heavy atom. The zero-order valence-electron chi connectivity index (χ0n) is 13.7. The molecular weight excluding hydrogens is 348 g/mol. The second-order valence-electron chi connectivity index (χ2n) is 5.26. The molecule has 0 aliphatic carbocycles. The molecule has 0 bridgehead atoms. The molecule has 2 aromatic rings. The van der Waals surface area contributed by atoms with E-state index in [0.717, 1.165) is 12.1 Å². The monoisotopic (exact) mass is 365 g/mol. The van der Waals surface area contributed by atoms with Crippen LogP contribution in [0.25, 0.3) is 0 Å². The average molecular weight is 365 g/mol. The van der Waals surface area contributed by atoms with E-state index in [4.69, 9.17) is 4.42 Å². The minimum atomic E-state index is -0.986. The molecule has 0 unspecified atom stereocenters. The third kappa shape index (κ3) is 6.00. The van der Waals surface area contributed by atoms with Crippen LogP contribution in [-0.2, 0) is 16.1 Å². The molecule has 0 radical (unpaired) electrons. The molecule has 1 aromatic heterocycles. The van der Waals surface area contributed by atoms with Gasteiger partial charge < -0.3 is 20.4 Å². The van der Waals surface area contributed by atoms with Crippen molar-refractivity contribution >= 4 is 17.7 Å².